The number of azo groups is 1. The molecule has 42 heavy (non-hydrogen) atoms. The maximum Gasteiger partial charge on any atom is 0.312 e. The minimum Gasteiger partial charge on any atom is -0.505 e. The molecule has 2 aliphatic carbocycles. The van der Waals surface area contributed by atoms with E-state index in [1.165, 1.54) is 43.5 Å². The Kier molecular flexibility index (Phi) is 6.71. The summed E-state index contributed by atoms with van der Waals surface area (Å²) in [6.07, 6.45) is 10.2. The minimum absolute atomic E-state index is 0.0547. The fourth-order valence-electron chi connectivity index (χ4n) is 4.72. The second kappa shape index (κ2) is 10.7. The van der Waals surface area contributed by atoms with Crippen molar-refractivity contribution in [3.8, 4) is 11.7 Å². The van der Waals surface area contributed by atoms with Gasteiger partial charge in [-0.2, -0.15) is 0 Å². The number of nitrogens with one attached hydrogen (secondary N) is 1. The topological polar surface area (TPSA) is 160 Å². The van der Waals surface area contributed by atoms with Gasteiger partial charge in [0, 0.05) is 30.0 Å². The summed E-state index contributed by atoms with van der Waals surface area (Å²) >= 11 is 0. The van der Waals surface area contributed by atoms with Crippen molar-refractivity contribution >= 4 is 40.6 Å². The number of fused-ring (bicyclic) bond motifs is 2. The third-order valence-corrected chi connectivity index (χ3v) is 6.69. The van der Waals surface area contributed by atoms with Crippen molar-refractivity contribution in [3.05, 3.63) is 101 Å². The predicted molar refractivity (Wildman–Crippen MR) is 147 cm³/mol. The summed E-state index contributed by atoms with van der Waals surface area (Å²) in [5, 5.41) is 21.8. The van der Waals surface area contributed by atoms with Gasteiger partial charge in [-0.3, -0.25) is 19.2 Å². The van der Waals surface area contributed by atoms with E-state index in [9.17, 15) is 24.3 Å². The summed E-state index contributed by atoms with van der Waals surface area (Å²) in [5.74, 6) is -2.66. The SMILES string of the molecule is CC(=O)Nc1ccc(N=NC2=C(O)c3ccc(OCC4C=CC=CC4)cc3C2=O)c2c1C(=O)N(Oc1ccco1)C2=O. The van der Waals surface area contributed by atoms with Crippen LogP contribution in [-0.2, 0) is 4.79 Å². The minimum atomic E-state index is -0.892. The number of rotatable bonds is 8. The molecule has 3 amide bonds. The van der Waals surface area contributed by atoms with Crippen LogP contribution in [0.4, 0.5) is 11.4 Å². The molecule has 0 spiro atoms. The molecule has 6 rings (SSSR count). The Hall–Kier alpha value is -5.78. The summed E-state index contributed by atoms with van der Waals surface area (Å²) in [6.45, 7) is 1.67. The first kappa shape index (κ1) is 26.4. The van der Waals surface area contributed by atoms with Gasteiger partial charge >= 0.3 is 5.95 Å². The lowest BCUT2D eigenvalue weighted by atomic mass is 10.0. The van der Waals surface area contributed by atoms with Gasteiger partial charge in [0.15, 0.2) is 11.5 Å². The quantitative estimate of drug-likeness (QED) is 0.265. The van der Waals surface area contributed by atoms with Crippen LogP contribution in [0.2, 0.25) is 0 Å². The summed E-state index contributed by atoms with van der Waals surface area (Å²) in [6, 6.07) is 10.4. The molecule has 12 heteroatoms. The van der Waals surface area contributed by atoms with Gasteiger partial charge in [0.2, 0.25) is 11.7 Å². The summed E-state index contributed by atoms with van der Waals surface area (Å²) in [5.41, 5.74) is -0.326. The standard InChI is InChI=1S/C30H22N4O8/c1-16(35)31-21-11-12-22(25-24(21)29(38)34(30(25)39)42-23-8-5-13-40-23)32-33-26-27(36)19-10-9-18(14-20(19)28(26)37)41-15-17-6-3-2-4-7-17/h2-6,8-14,17,36H,7,15H2,1H3,(H,31,35). The van der Waals surface area contributed by atoms with E-state index in [0.29, 0.717) is 17.4 Å². The Morgan fingerprint density at radius 1 is 1.07 bits per heavy atom. The highest BCUT2D eigenvalue weighted by molar-refractivity contribution is 6.26. The number of aliphatic hydroxyl groups is 1. The number of carbonyl (C=O) groups is 4. The Balaban J connectivity index is 1.28. The number of ether oxygens (including phenoxy) is 1. The zero-order valence-corrected chi connectivity index (χ0v) is 22.1. The number of imide groups is 1. The highest BCUT2D eigenvalue weighted by Gasteiger charge is 2.43. The Bertz CT molecular complexity index is 1770. The zero-order chi connectivity index (χ0) is 29.4. The highest BCUT2D eigenvalue weighted by atomic mass is 16.7. The molecule has 2 heterocycles. The fraction of sp³-hybridized carbons (Fsp3) is 0.133. The molecule has 1 atom stereocenters. The van der Waals surface area contributed by atoms with Crippen LogP contribution in [0.15, 0.2) is 93.4 Å². The number of carbonyl (C=O) groups excluding carboxylic acids is 4. The van der Waals surface area contributed by atoms with E-state index in [-0.39, 0.29) is 56.9 Å². The molecule has 12 nitrogen and oxygen atoms in total. The number of anilines is 1. The molecule has 3 aliphatic rings. The van der Waals surface area contributed by atoms with Gasteiger partial charge in [0.05, 0.1) is 35.4 Å². The van der Waals surface area contributed by atoms with E-state index in [4.69, 9.17) is 14.0 Å². The van der Waals surface area contributed by atoms with E-state index in [0.717, 1.165) is 6.42 Å². The lowest BCUT2D eigenvalue weighted by Crippen LogP contribution is -2.33. The van der Waals surface area contributed by atoms with E-state index < -0.39 is 23.5 Å². The molecular weight excluding hydrogens is 544 g/mol. The molecule has 210 valence electrons. The average Bonchev–Trinajstić information content (AvgIpc) is 3.66. The monoisotopic (exact) mass is 566 g/mol. The molecule has 0 bridgehead atoms. The van der Waals surface area contributed by atoms with Crippen LogP contribution in [0.5, 0.6) is 11.7 Å². The predicted octanol–water partition coefficient (Wildman–Crippen LogP) is 5.55. The van der Waals surface area contributed by atoms with Crippen LogP contribution in [0.25, 0.3) is 5.76 Å². The summed E-state index contributed by atoms with van der Waals surface area (Å²) in [7, 11) is 0. The molecule has 2 aromatic carbocycles. The number of furan rings is 1. The number of allylic oxidation sites excluding steroid dienone is 4. The maximum absolute atomic E-state index is 13.3. The van der Waals surface area contributed by atoms with Crippen molar-refractivity contribution in [1.82, 2.24) is 5.06 Å². The Labute approximate surface area is 238 Å². The smallest absolute Gasteiger partial charge is 0.312 e. The molecule has 2 N–H and O–H groups in total. The van der Waals surface area contributed by atoms with E-state index in [1.807, 2.05) is 18.2 Å². The maximum atomic E-state index is 13.3. The first-order valence-corrected chi connectivity index (χ1v) is 12.9. The molecule has 1 aliphatic heterocycles. The number of amides is 3. The first-order valence-electron chi connectivity index (χ1n) is 12.9. The van der Waals surface area contributed by atoms with Crippen molar-refractivity contribution in [3.63, 3.8) is 0 Å². The number of hydroxylamine groups is 2. The van der Waals surface area contributed by atoms with E-state index >= 15 is 0 Å². The molecule has 0 saturated carbocycles. The number of ketones is 1. The van der Waals surface area contributed by atoms with Crippen LogP contribution in [0, 0.1) is 5.92 Å². The lowest BCUT2D eigenvalue weighted by Gasteiger charge is -2.14. The average molecular weight is 567 g/mol. The van der Waals surface area contributed by atoms with Gasteiger partial charge in [0.25, 0.3) is 11.8 Å². The van der Waals surface area contributed by atoms with Crippen LogP contribution >= 0.6 is 0 Å². The van der Waals surface area contributed by atoms with Gasteiger partial charge in [-0.05, 0) is 42.8 Å². The summed E-state index contributed by atoms with van der Waals surface area (Å²) < 4.78 is 10.9. The van der Waals surface area contributed by atoms with Gasteiger partial charge in [-0.1, -0.05) is 29.4 Å². The van der Waals surface area contributed by atoms with Crippen LogP contribution in [0.3, 0.4) is 0 Å². The Morgan fingerprint density at radius 3 is 2.64 bits per heavy atom. The third-order valence-electron chi connectivity index (χ3n) is 6.69. The number of benzene rings is 2. The largest absolute Gasteiger partial charge is 0.505 e. The van der Waals surface area contributed by atoms with Gasteiger partial charge in [-0.15, -0.1) is 10.2 Å². The molecule has 1 aromatic heterocycles. The number of hydrogen-bond acceptors (Lipinski definition) is 10. The zero-order valence-electron chi connectivity index (χ0n) is 22.1. The van der Waals surface area contributed by atoms with Crippen LogP contribution in [0.1, 0.15) is 50.0 Å². The van der Waals surface area contributed by atoms with Crippen molar-refractivity contribution in [2.75, 3.05) is 11.9 Å². The fourth-order valence-corrected chi connectivity index (χ4v) is 4.72. The van der Waals surface area contributed by atoms with Crippen molar-refractivity contribution in [2.45, 2.75) is 13.3 Å². The van der Waals surface area contributed by atoms with Gasteiger partial charge < -0.3 is 24.4 Å². The van der Waals surface area contributed by atoms with Crippen molar-refractivity contribution in [2.24, 2.45) is 16.1 Å². The second-order valence-corrected chi connectivity index (χ2v) is 9.55. The van der Waals surface area contributed by atoms with E-state index in [1.54, 1.807) is 12.1 Å². The second-order valence-electron chi connectivity index (χ2n) is 9.55. The molecule has 0 saturated heterocycles. The van der Waals surface area contributed by atoms with E-state index in [2.05, 4.69) is 21.6 Å². The normalized spacial score (nSPS) is 17.3. The third kappa shape index (κ3) is 4.74. The molecule has 1 unspecified atom stereocenters. The van der Waals surface area contributed by atoms with Crippen molar-refractivity contribution < 1.29 is 38.3 Å². The Morgan fingerprint density at radius 2 is 1.90 bits per heavy atom. The molecular formula is C30H22N4O8. The summed E-state index contributed by atoms with van der Waals surface area (Å²) in [4.78, 5) is 56.7. The number of Topliss-reactive ketones (excluding diaryl/α,β-unsaturated/α-hetero) is 1. The highest BCUT2D eigenvalue weighted by Crippen LogP contribution is 2.39. The number of nitrogens with zero attached hydrogens (tertiary/aromatic N) is 3. The lowest BCUT2D eigenvalue weighted by molar-refractivity contribution is -0.114. The first-order chi connectivity index (χ1) is 20.3. The van der Waals surface area contributed by atoms with Crippen molar-refractivity contribution in [1.29, 1.82) is 0 Å². The number of hydrogen-bond donors (Lipinski definition) is 2. The van der Waals surface area contributed by atoms with Crippen LogP contribution in [-0.4, -0.2) is 40.3 Å². The van der Waals surface area contributed by atoms with Gasteiger partial charge in [-0.25, -0.2) is 0 Å². The number of aliphatic hydroxyl groups excluding tert-OH is 1. The molecule has 3 aromatic rings. The molecule has 0 radical (unpaired) electrons. The molecule has 0 fully saturated rings. The van der Waals surface area contributed by atoms with Crippen LogP contribution < -0.4 is 14.9 Å². The van der Waals surface area contributed by atoms with Gasteiger partial charge in [0.1, 0.15) is 5.75 Å².